The van der Waals surface area contributed by atoms with Crippen molar-refractivity contribution in [1.29, 1.82) is 0 Å². The zero-order valence-electron chi connectivity index (χ0n) is 11.8. The lowest BCUT2D eigenvalue weighted by molar-refractivity contribution is -0.144. The SMILES string of the molecule is COC(=O)C(C)(CC(SC)S(C)=O)[Si](C)(C)C. The third-order valence-corrected chi connectivity index (χ3v) is 10.2. The van der Waals surface area contributed by atoms with Crippen LogP contribution in [-0.4, -0.2) is 42.5 Å². The average molecular weight is 297 g/mol. The van der Waals surface area contributed by atoms with Crippen molar-refractivity contribution < 1.29 is 13.7 Å². The first kappa shape index (κ1) is 17.2. The first-order valence-electron chi connectivity index (χ1n) is 5.53. The molecule has 0 aliphatic carbocycles. The van der Waals surface area contributed by atoms with Gasteiger partial charge >= 0.3 is 5.97 Å². The minimum atomic E-state index is -1.74. The van der Waals surface area contributed by atoms with E-state index in [-0.39, 0.29) is 10.6 Å². The predicted octanol–water partition coefficient (Wildman–Crippen LogP) is 2.72. The molecule has 0 radical (unpaired) electrons. The molecule has 0 aliphatic heterocycles. The van der Waals surface area contributed by atoms with E-state index in [0.29, 0.717) is 6.42 Å². The molecule has 0 aromatic heterocycles. The van der Waals surface area contributed by atoms with E-state index in [1.165, 1.54) is 7.11 Å². The molecule has 0 aromatic rings. The number of methoxy groups -OCH3 is 1. The number of hydrogen-bond donors (Lipinski definition) is 0. The number of hydrogen-bond acceptors (Lipinski definition) is 4. The highest BCUT2D eigenvalue weighted by Crippen LogP contribution is 2.45. The Bertz CT molecular complexity index is 302. The van der Waals surface area contributed by atoms with E-state index in [9.17, 15) is 9.00 Å². The Morgan fingerprint density at radius 1 is 1.47 bits per heavy atom. The van der Waals surface area contributed by atoms with Crippen LogP contribution < -0.4 is 0 Å². The summed E-state index contributed by atoms with van der Waals surface area (Å²) in [4.78, 5) is 12.1. The first-order chi connectivity index (χ1) is 7.60. The predicted molar refractivity (Wildman–Crippen MR) is 79.7 cm³/mol. The lowest BCUT2D eigenvalue weighted by atomic mass is 10.1. The number of thioether (sulfide) groups is 1. The topological polar surface area (TPSA) is 43.4 Å². The van der Waals surface area contributed by atoms with Gasteiger partial charge in [0.1, 0.15) is 0 Å². The quantitative estimate of drug-likeness (QED) is 0.558. The number of ether oxygens (including phenoxy) is 1. The van der Waals surface area contributed by atoms with Crippen LogP contribution in [0.15, 0.2) is 0 Å². The van der Waals surface area contributed by atoms with Crippen molar-refractivity contribution in [2.24, 2.45) is 0 Å². The normalized spacial score (nSPS) is 19.2. The van der Waals surface area contributed by atoms with E-state index >= 15 is 0 Å². The summed E-state index contributed by atoms with van der Waals surface area (Å²) in [6.45, 7) is 8.42. The van der Waals surface area contributed by atoms with Crippen LogP contribution in [-0.2, 0) is 20.3 Å². The molecule has 3 nitrogen and oxygen atoms in total. The van der Waals surface area contributed by atoms with Gasteiger partial charge in [-0.3, -0.25) is 9.00 Å². The van der Waals surface area contributed by atoms with Gasteiger partial charge < -0.3 is 4.74 Å². The standard InChI is InChI=1S/C11H24O3S2Si/c1-11(10(12)14-2,17(5,6)7)8-9(15-3)16(4)13/h9H,8H2,1-7H3. The molecule has 102 valence electrons. The van der Waals surface area contributed by atoms with Crippen LogP contribution in [0.5, 0.6) is 0 Å². The van der Waals surface area contributed by atoms with Gasteiger partial charge in [-0.05, 0) is 12.7 Å². The molecule has 3 atom stereocenters. The van der Waals surface area contributed by atoms with E-state index < -0.39 is 23.9 Å². The van der Waals surface area contributed by atoms with Gasteiger partial charge in [-0.25, -0.2) is 0 Å². The lowest BCUT2D eigenvalue weighted by Crippen LogP contribution is -2.45. The third-order valence-electron chi connectivity index (χ3n) is 3.50. The van der Waals surface area contributed by atoms with Crippen molar-refractivity contribution in [3.63, 3.8) is 0 Å². The summed E-state index contributed by atoms with van der Waals surface area (Å²) in [5, 5.41) is -0.485. The van der Waals surface area contributed by atoms with Crippen molar-refractivity contribution in [2.45, 2.75) is 42.6 Å². The van der Waals surface area contributed by atoms with Crippen molar-refractivity contribution in [3.05, 3.63) is 0 Å². The molecule has 0 amide bonds. The molecule has 0 heterocycles. The maximum absolute atomic E-state index is 12.1. The molecule has 0 spiro atoms. The molecule has 0 saturated heterocycles. The Kier molecular flexibility index (Phi) is 6.45. The number of esters is 1. The Morgan fingerprint density at radius 3 is 2.18 bits per heavy atom. The van der Waals surface area contributed by atoms with Crippen LogP contribution in [0.2, 0.25) is 24.7 Å². The summed E-state index contributed by atoms with van der Waals surface area (Å²) in [5.41, 5.74) is 0. The smallest absolute Gasteiger partial charge is 0.308 e. The largest absolute Gasteiger partial charge is 0.469 e. The third kappa shape index (κ3) is 4.10. The van der Waals surface area contributed by atoms with Gasteiger partial charge in [0.2, 0.25) is 0 Å². The van der Waals surface area contributed by atoms with Crippen molar-refractivity contribution in [2.75, 3.05) is 19.6 Å². The second-order valence-corrected chi connectivity index (χ2v) is 14.0. The summed E-state index contributed by atoms with van der Waals surface area (Å²) in [6.07, 6.45) is 4.26. The van der Waals surface area contributed by atoms with Crippen LogP contribution in [0.4, 0.5) is 0 Å². The lowest BCUT2D eigenvalue weighted by Gasteiger charge is -2.39. The van der Waals surface area contributed by atoms with E-state index in [0.717, 1.165) is 0 Å². The molecule has 0 N–H and O–H groups in total. The fraction of sp³-hybridized carbons (Fsp3) is 0.909. The molecule has 6 heteroatoms. The Labute approximate surface area is 113 Å². The fourth-order valence-electron chi connectivity index (χ4n) is 1.59. The molecule has 3 unspecified atom stereocenters. The minimum Gasteiger partial charge on any atom is -0.469 e. The minimum absolute atomic E-state index is 0.00850. The second-order valence-electron chi connectivity index (χ2n) is 5.44. The maximum Gasteiger partial charge on any atom is 0.308 e. The molecular weight excluding hydrogens is 272 g/mol. The summed E-state index contributed by atoms with van der Waals surface area (Å²) in [7, 11) is -1.24. The highest BCUT2D eigenvalue weighted by molar-refractivity contribution is 8.10. The highest BCUT2D eigenvalue weighted by atomic mass is 32.2. The van der Waals surface area contributed by atoms with Crippen LogP contribution in [0.3, 0.4) is 0 Å². The zero-order chi connectivity index (χ0) is 13.9. The van der Waals surface area contributed by atoms with Crippen molar-refractivity contribution >= 4 is 36.6 Å². The summed E-state index contributed by atoms with van der Waals surface area (Å²) >= 11 is 1.56. The van der Waals surface area contributed by atoms with Gasteiger partial charge in [-0.2, -0.15) is 0 Å². The summed E-state index contributed by atoms with van der Waals surface area (Å²) in [5.74, 6) is -0.166. The maximum atomic E-state index is 12.1. The molecule has 17 heavy (non-hydrogen) atoms. The Hall–Kier alpha value is 0.187. The number of carbonyl (C=O) groups is 1. The van der Waals surface area contributed by atoms with E-state index in [4.69, 9.17) is 4.74 Å². The Balaban J connectivity index is 5.22. The van der Waals surface area contributed by atoms with Gasteiger partial charge in [-0.1, -0.05) is 26.6 Å². The van der Waals surface area contributed by atoms with Gasteiger partial charge in [0.05, 0.1) is 24.8 Å². The van der Waals surface area contributed by atoms with Crippen LogP contribution in [0, 0.1) is 0 Å². The van der Waals surface area contributed by atoms with Crippen molar-refractivity contribution in [1.82, 2.24) is 0 Å². The number of carbonyl (C=O) groups excluding carboxylic acids is 1. The van der Waals surface area contributed by atoms with Gasteiger partial charge in [0.15, 0.2) is 0 Å². The van der Waals surface area contributed by atoms with E-state index in [2.05, 4.69) is 19.6 Å². The van der Waals surface area contributed by atoms with Crippen LogP contribution >= 0.6 is 11.8 Å². The van der Waals surface area contributed by atoms with Gasteiger partial charge in [-0.15, -0.1) is 11.8 Å². The average Bonchev–Trinajstić information content (AvgIpc) is 2.22. The van der Waals surface area contributed by atoms with Crippen LogP contribution in [0.25, 0.3) is 0 Å². The molecule has 0 fully saturated rings. The Morgan fingerprint density at radius 2 is 1.94 bits per heavy atom. The van der Waals surface area contributed by atoms with Crippen LogP contribution in [0.1, 0.15) is 13.3 Å². The molecular formula is C11H24O3S2Si. The highest BCUT2D eigenvalue weighted by Gasteiger charge is 2.48. The van der Waals surface area contributed by atoms with E-state index in [1.54, 1.807) is 18.0 Å². The first-order valence-corrected chi connectivity index (χ1v) is 11.9. The van der Waals surface area contributed by atoms with E-state index in [1.807, 2.05) is 13.2 Å². The van der Waals surface area contributed by atoms with Gasteiger partial charge in [0.25, 0.3) is 0 Å². The van der Waals surface area contributed by atoms with Gasteiger partial charge in [0, 0.05) is 17.1 Å². The van der Waals surface area contributed by atoms with Crippen molar-refractivity contribution in [3.8, 4) is 0 Å². The zero-order valence-corrected chi connectivity index (χ0v) is 14.5. The summed E-state index contributed by atoms with van der Waals surface area (Å²) < 4.78 is 16.6. The fourth-order valence-corrected chi connectivity index (χ4v) is 5.57. The number of rotatable bonds is 6. The summed E-state index contributed by atoms with van der Waals surface area (Å²) in [6, 6.07) is 0. The monoisotopic (exact) mass is 296 g/mol. The molecule has 0 bridgehead atoms. The molecule has 0 aliphatic rings. The molecule has 0 rings (SSSR count). The molecule has 0 aromatic carbocycles. The molecule has 0 saturated carbocycles. The second kappa shape index (κ2) is 6.38.